The van der Waals surface area contributed by atoms with E-state index in [1.807, 2.05) is 0 Å². The largest absolute Gasteiger partial charge is 0.462 e. The molecule has 432 valence electrons. The van der Waals surface area contributed by atoms with E-state index < -0.39 is 6.10 Å². The van der Waals surface area contributed by atoms with E-state index in [4.69, 9.17) is 14.2 Å². The van der Waals surface area contributed by atoms with Crippen LogP contribution in [0.1, 0.15) is 380 Å². The highest BCUT2D eigenvalue weighted by Crippen LogP contribution is 2.19. The average molecular weight is 1030 g/mol. The summed E-state index contributed by atoms with van der Waals surface area (Å²) < 4.78 is 16.8. The fourth-order valence-corrected chi connectivity index (χ4v) is 10.3. The fraction of sp³-hybridized carbons (Fsp3) is 0.925. The Balaban J connectivity index is 3.86. The molecule has 0 aromatic rings. The van der Waals surface area contributed by atoms with Gasteiger partial charge in [0.25, 0.3) is 0 Å². The second kappa shape index (κ2) is 62.7. The van der Waals surface area contributed by atoms with Crippen molar-refractivity contribution in [1.82, 2.24) is 0 Å². The van der Waals surface area contributed by atoms with E-state index in [9.17, 15) is 14.4 Å². The molecule has 6 nitrogen and oxygen atoms in total. The molecule has 1 unspecified atom stereocenters. The lowest BCUT2D eigenvalue weighted by Gasteiger charge is -2.18. The van der Waals surface area contributed by atoms with Crippen LogP contribution in [0.4, 0.5) is 0 Å². The molecule has 0 radical (unpaired) electrons. The van der Waals surface area contributed by atoms with Crippen LogP contribution in [0.3, 0.4) is 0 Å². The predicted octanol–water partition coefficient (Wildman–Crippen LogP) is 22.4. The topological polar surface area (TPSA) is 78.9 Å². The van der Waals surface area contributed by atoms with Gasteiger partial charge in [-0.05, 0) is 44.9 Å². The SMILES string of the molecule is CCCCCCCC/C=C\CCCCCCCCCC(=O)OC(COC(=O)CCCCCCC)COC(=O)CCCCCCCCCCCCCCCCCCCCCCCCCCCCCCCCCCC. The maximum Gasteiger partial charge on any atom is 0.306 e. The molecule has 0 spiro atoms. The number of hydrogen-bond donors (Lipinski definition) is 0. The third-order valence-corrected chi connectivity index (χ3v) is 15.3. The first-order valence-corrected chi connectivity index (χ1v) is 33.2. The predicted molar refractivity (Wildman–Crippen MR) is 317 cm³/mol. The van der Waals surface area contributed by atoms with Gasteiger partial charge in [-0.15, -0.1) is 0 Å². The van der Waals surface area contributed by atoms with E-state index in [1.165, 1.54) is 276 Å². The lowest BCUT2D eigenvalue weighted by atomic mass is 10.0. The molecule has 0 N–H and O–H groups in total. The van der Waals surface area contributed by atoms with Crippen molar-refractivity contribution >= 4 is 17.9 Å². The number of esters is 3. The van der Waals surface area contributed by atoms with Crippen LogP contribution in [0.15, 0.2) is 12.2 Å². The smallest absolute Gasteiger partial charge is 0.306 e. The first kappa shape index (κ1) is 71.2. The van der Waals surface area contributed by atoms with Crippen molar-refractivity contribution in [1.29, 1.82) is 0 Å². The van der Waals surface area contributed by atoms with Crippen LogP contribution in [-0.4, -0.2) is 37.2 Å². The lowest BCUT2D eigenvalue weighted by Crippen LogP contribution is -2.30. The van der Waals surface area contributed by atoms with Crippen molar-refractivity contribution in [3.8, 4) is 0 Å². The van der Waals surface area contributed by atoms with E-state index in [1.54, 1.807) is 0 Å². The van der Waals surface area contributed by atoms with E-state index in [0.29, 0.717) is 19.3 Å². The zero-order chi connectivity index (χ0) is 52.9. The van der Waals surface area contributed by atoms with Gasteiger partial charge in [0, 0.05) is 19.3 Å². The minimum atomic E-state index is -0.765. The summed E-state index contributed by atoms with van der Waals surface area (Å²) in [6.45, 7) is 6.61. The van der Waals surface area contributed by atoms with Crippen LogP contribution in [0.5, 0.6) is 0 Å². The van der Waals surface area contributed by atoms with Gasteiger partial charge in [-0.3, -0.25) is 14.4 Å². The molecule has 0 aliphatic heterocycles. The molecule has 0 fully saturated rings. The van der Waals surface area contributed by atoms with Crippen LogP contribution in [0.25, 0.3) is 0 Å². The third kappa shape index (κ3) is 60.9. The van der Waals surface area contributed by atoms with Gasteiger partial charge in [0.2, 0.25) is 0 Å². The van der Waals surface area contributed by atoms with Crippen molar-refractivity contribution in [3.63, 3.8) is 0 Å². The summed E-state index contributed by atoms with van der Waals surface area (Å²) in [6, 6.07) is 0. The minimum absolute atomic E-state index is 0.0672. The van der Waals surface area contributed by atoms with Gasteiger partial charge in [-0.25, -0.2) is 0 Å². The normalized spacial score (nSPS) is 12.0. The van der Waals surface area contributed by atoms with Gasteiger partial charge in [0.1, 0.15) is 13.2 Å². The molecule has 6 heteroatoms. The van der Waals surface area contributed by atoms with E-state index in [-0.39, 0.29) is 31.1 Å². The van der Waals surface area contributed by atoms with Crippen molar-refractivity contribution < 1.29 is 28.6 Å². The van der Waals surface area contributed by atoms with Gasteiger partial charge in [-0.2, -0.15) is 0 Å². The summed E-state index contributed by atoms with van der Waals surface area (Å²) in [7, 11) is 0. The Kier molecular flexibility index (Phi) is 61.1. The second-order valence-electron chi connectivity index (χ2n) is 22.7. The molecule has 73 heavy (non-hydrogen) atoms. The van der Waals surface area contributed by atoms with E-state index >= 15 is 0 Å². The number of hydrogen-bond acceptors (Lipinski definition) is 6. The van der Waals surface area contributed by atoms with Crippen LogP contribution in [0.2, 0.25) is 0 Å². The van der Waals surface area contributed by atoms with E-state index in [0.717, 1.165) is 64.2 Å². The summed E-state index contributed by atoms with van der Waals surface area (Å²) in [6.07, 6.45) is 74.4. The first-order chi connectivity index (χ1) is 36.0. The van der Waals surface area contributed by atoms with Crippen LogP contribution in [-0.2, 0) is 28.6 Å². The van der Waals surface area contributed by atoms with Crippen LogP contribution in [0, 0.1) is 0 Å². The molecule has 1 atom stereocenters. The summed E-state index contributed by atoms with van der Waals surface area (Å²) in [4.78, 5) is 37.9. The maximum atomic E-state index is 12.8. The molecule has 0 aromatic heterocycles. The van der Waals surface area contributed by atoms with E-state index in [2.05, 4.69) is 32.9 Å². The Morgan fingerprint density at radius 1 is 0.260 bits per heavy atom. The van der Waals surface area contributed by atoms with Gasteiger partial charge >= 0.3 is 17.9 Å². The second-order valence-corrected chi connectivity index (χ2v) is 22.7. The summed E-state index contributed by atoms with van der Waals surface area (Å²) in [5.74, 6) is -0.862. The zero-order valence-corrected chi connectivity index (χ0v) is 49.7. The Morgan fingerprint density at radius 3 is 0.685 bits per heavy atom. The molecule has 0 aliphatic carbocycles. The summed E-state index contributed by atoms with van der Waals surface area (Å²) in [5.41, 5.74) is 0. The standard InChI is InChI=1S/C67H128O6/c1-4-7-10-13-15-17-19-21-23-25-26-27-28-29-30-31-32-33-34-35-36-37-38-39-40-42-43-45-47-49-51-54-57-60-66(69)72-63-64(62-71-65(68)59-56-53-12-9-6-3)73-67(70)61-58-55-52-50-48-46-44-41-24-22-20-18-16-14-11-8-5-2/h22,24,64H,4-21,23,25-63H2,1-3H3/b24-22-. The van der Waals surface area contributed by atoms with Gasteiger partial charge in [0.15, 0.2) is 6.10 Å². The molecule has 0 rings (SSSR count). The number of ether oxygens (including phenoxy) is 3. The third-order valence-electron chi connectivity index (χ3n) is 15.3. The highest BCUT2D eigenvalue weighted by Gasteiger charge is 2.19. The zero-order valence-electron chi connectivity index (χ0n) is 49.7. The molecule has 0 bridgehead atoms. The van der Waals surface area contributed by atoms with Crippen LogP contribution < -0.4 is 0 Å². The van der Waals surface area contributed by atoms with Gasteiger partial charge in [0.05, 0.1) is 0 Å². The number of carbonyl (C=O) groups excluding carboxylic acids is 3. The highest BCUT2D eigenvalue weighted by molar-refractivity contribution is 5.71. The van der Waals surface area contributed by atoms with Gasteiger partial charge in [-0.1, -0.05) is 328 Å². The number of rotatable bonds is 62. The highest BCUT2D eigenvalue weighted by atomic mass is 16.6. The monoisotopic (exact) mass is 1030 g/mol. The minimum Gasteiger partial charge on any atom is -0.462 e. The van der Waals surface area contributed by atoms with Crippen molar-refractivity contribution in [3.05, 3.63) is 12.2 Å². The van der Waals surface area contributed by atoms with Crippen LogP contribution >= 0.6 is 0 Å². The molecule has 0 amide bonds. The average Bonchev–Trinajstić information content (AvgIpc) is 3.39. The first-order valence-electron chi connectivity index (χ1n) is 33.2. The lowest BCUT2D eigenvalue weighted by molar-refractivity contribution is -0.167. The summed E-state index contributed by atoms with van der Waals surface area (Å²) in [5, 5.41) is 0. The maximum absolute atomic E-state index is 12.8. The number of allylic oxidation sites excluding steroid dienone is 2. The number of unbranched alkanes of at least 4 members (excludes halogenated alkanes) is 49. The van der Waals surface area contributed by atoms with Crippen molar-refractivity contribution in [2.24, 2.45) is 0 Å². The Morgan fingerprint density at radius 2 is 0.452 bits per heavy atom. The molecular formula is C67H128O6. The molecule has 0 saturated heterocycles. The van der Waals surface area contributed by atoms with Crippen molar-refractivity contribution in [2.45, 2.75) is 386 Å². The molecular weight excluding hydrogens is 901 g/mol. The quantitative estimate of drug-likeness (QED) is 0.0261. The summed E-state index contributed by atoms with van der Waals surface area (Å²) >= 11 is 0. The van der Waals surface area contributed by atoms with Crippen molar-refractivity contribution in [2.75, 3.05) is 13.2 Å². The fourth-order valence-electron chi connectivity index (χ4n) is 10.3. The molecule has 0 heterocycles. The molecule has 0 aromatic carbocycles. The Labute approximate surface area is 456 Å². The molecule has 0 saturated carbocycles. The van der Waals surface area contributed by atoms with Gasteiger partial charge < -0.3 is 14.2 Å². The molecule has 0 aliphatic rings. The Hall–Kier alpha value is -1.85. The Bertz CT molecular complexity index is 1130. The number of carbonyl (C=O) groups is 3.